The number of carboxylic acids is 1. The lowest BCUT2D eigenvalue weighted by molar-refractivity contribution is -0.139. The summed E-state index contributed by atoms with van der Waals surface area (Å²) in [4.78, 5) is 31.9. The van der Waals surface area contributed by atoms with Crippen LogP contribution in [0.25, 0.3) is 0 Å². The van der Waals surface area contributed by atoms with Crippen molar-refractivity contribution in [3.63, 3.8) is 0 Å². The first-order valence-electron chi connectivity index (χ1n) is 13.3. The van der Waals surface area contributed by atoms with E-state index in [0.29, 0.717) is 18.8 Å². The normalized spacial score (nSPS) is 18.3. The van der Waals surface area contributed by atoms with Crippen LogP contribution < -0.4 is 9.64 Å². The average molecular weight is 578 g/mol. The number of carbonyl (C=O) groups is 2. The molecule has 1 atom stereocenters. The van der Waals surface area contributed by atoms with E-state index < -0.39 is 52.8 Å². The van der Waals surface area contributed by atoms with Gasteiger partial charge in [0.05, 0.1) is 29.7 Å². The van der Waals surface area contributed by atoms with E-state index in [4.69, 9.17) is 4.74 Å². The zero-order valence-electron chi connectivity index (χ0n) is 23.0. The minimum atomic E-state index is -4.93. The summed E-state index contributed by atoms with van der Waals surface area (Å²) >= 11 is 0. The molecule has 1 unspecified atom stereocenters. The van der Waals surface area contributed by atoms with Gasteiger partial charge in [-0.1, -0.05) is 6.92 Å². The molecule has 2 aromatic heterocycles. The molecule has 4 rings (SSSR count). The smallest absolute Gasteiger partial charge is 0.421 e. The Hall–Kier alpha value is -4.03. The maximum atomic E-state index is 15.4. The molecule has 0 radical (unpaired) electrons. The second-order valence-corrected chi connectivity index (χ2v) is 10.6. The molecule has 1 saturated carbocycles. The van der Waals surface area contributed by atoms with Crippen LogP contribution in [0.3, 0.4) is 0 Å². The van der Waals surface area contributed by atoms with Gasteiger partial charge >= 0.3 is 12.1 Å². The molecule has 0 bridgehead atoms. The molecule has 2 heterocycles. The van der Waals surface area contributed by atoms with E-state index in [1.807, 2.05) is 0 Å². The van der Waals surface area contributed by atoms with Crippen LogP contribution in [0.15, 0.2) is 36.8 Å². The highest BCUT2D eigenvalue weighted by Gasteiger charge is 2.37. The van der Waals surface area contributed by atoms with Crippen LogP contribution in [0.1, 0.15) is 80.9 Å². The summed E-state index contributed by atoms with van der Waals surface area (Å²) < 4.78 is 62.7. The molecular formula is C28H31F4N5O4. The van der Waals surface area contributed by atoms with Crippen LogP contribution in [0.4, 0.5) is 23.2 Å². The van der Waals surface area contributed by atoms with E-state index in [9.17, 15) is 27.9 Å². The lowest BCUT2D eigenvalue weighted by atomic mass is 9.82. The monoisotopic (exact) mass is 577 g/mol. The summed E-state index contributed by atoms with van der Waals surface area (Å²) in [6.07, 6.45) is 1.90. The Balaban J connectivity index is 1.72. The molecule has 1 aliphatic rings. The number of nitrogens with zero attached hydrogens (tertiary/aromatic N) is 5. The van der Waals surface area contributed by atoms with Gasteiger partial charge in [-0.25, -0.2) is 14.2 Å². The Morgan fingerprint density at radius 1 is 1.07 bits per heavy atom. The molecule has 1 fully saturated rings. The Kier molecular flexibility index (Phi) is 8.64. The number of amides is 1. The zero-order valence-corrected chi connectivity index (χ0v) is 23.0. The Morgan fingerprint density at radius 3 is 2.27 bits per heavy atom. The number of aromatic carboxylic acids is 1. The molecule has 41 heavy (non-hydrogen) atoms. The van der Waals surface area contributed by atoms with Crippen molar-refractivity contribution in [1.82, 2.24) is 20.0 Å². The number of carbonyl (C=O) groups excluding carboxylic acids is 1. The molecule has 13 heteroatoms. The molecule has 1 amide bonds. The van der Waals surface area contributed by atoms with Gasteiger partial charge < -0.3 is 14.7 Å². The zero-order chi connectivity index (χ0) is 30.1. The van der Waals surface area contributed by atoms with Crippen molar-refractivity contribution in [2.75, 3.05) is 4.90 Å². The van der Waals surface area contributed by atoms with Gasteiger partial charge in [0, 0.05) is 30.3 Å². The van der Waals surface area contributed by atoms with Gasteiger partial charge in [-0.05, 0) is 64.0 Å². The number of rotatable bonds is 8. The summed E-state index contributed by atoms with van der Waals surface area (Å²) in [5.74, 6) is -4.57. The fourth-order valence-electron chi connectivity index (χ4n) is 4.99. The molecule has 3 aromatic rings. The Bertz CT molecular complexity index is 1400. The first-order valence-corrected chi connectivity index (χ1v) is 13.3. The largest absolute Gasteiger partial charge is 0.478 e. The molecule has 0 spiro atoms. The van der Waals surface area contributed by atoms with Crippen LogP contribution in [0.2, 0.25) is 0 Å². The van der Waals surface area contributed by atoms with E-state index >= 15 is 4.39 Å². The first-order chi connectivity index (χ1) is 19.3. The van der Waals surface area contributed by atoms with Gasteiger partial charge in [0.2, 0.25) is 11.8 Å². The molecule has 0 saturated heterocycles. The lowest BCUT2D eigenvalue weighted by Gasteiger charge is -2.34. The fraction of sp³-hybridized carbons (Fsp3) is 0.464. The van der Waals surface area contributed by atoms with Gasteiger partial charge in [-0.2, -0.15) is 28.2 Å². The molecule has 0 aliphatic heterocycles. The van der Waals surface area contributed by atoms with E-state index in [2.05, 4.69) is 22.1 Å². The lowest BCUT2D eigenvalue weighted by Crippen LogP contribution is -2.43. The highest BCUT2D eigenvalue weighted by molar-refractivity contribution is 6.03. The third-order valence-electron chi connectivity index (χ3n) is 7.31. The SMILES string of the molecule is CC(C)N(c1cc(F)c(Oc2ncc(C(C)n3nccn3)cc2C(F)(F)F)cc1C(=O)O)C(=O)[C@H]1CC[C@H](C)CC1. The van der Waals surface area contributed by atoms with Crippen molar-refractivity contribution in [3.8, 4) is 11.6 Å². The van der Waals surface area contributed by atoms with Crippen LogP contribution >= 0.6 is 0 Å². The number of pyridine rings is 1. The van der Waals surface area contributed by atoms with Crippen molar-refractivity contribution in [1.29, 1.82) is 0 Å². The van der Waals surface area contributed by atoms with Gasteiger partial charge in [-0.3, -0.25) is 4.79 Å². The van der Waals surface area contributed by atoms with E-state index in [1.165, 1.54) is 22.1 Å². The van der Waals surface area contributed by atoms with Gasteiger partial charge in [0.15, 0.2) is 11.6 Å². The Labute approximate surface area is 234 Å². The number of aromatic nitrogens is 4. The maximum absolute atomic E-state index is 15.4. The van der Waals surface area contributed by atoms with E-state index in [-0.39, 0.29) is 23.1 Å². The Morgan fingerprint density at radius 2 is 1.71 bits per heavy atom. The third-order valence-corrected chi connectivity index (χ3v) is 7.31. The van der Waals surface area contributed by atoms with E-state index in [1.54, 1.807) is 20.8 Å². The number of hydrogen-bond acceptors (Lipinski definition) is 6. The molecule has 220 valence electrons. The summed E-state index contributed by atoms with van der Waals surface area (Å²) in [5, 5.41) is 17.8. The topological polar surface area (TPSA) is 110 Å². The van der Waals surface area contributed by atoms with Gasteiger partial charge in [-0.15, -0.1) is 0 Å². The minimum Gasteiger partial charge on any atom is -0.478 e. The molecule has 9 nitrogen and oxygen atoms in total. The average Bonchev–Trinajstić information content (AvgIpc) is 3.44. The maximum Gasteiger partial charge on any atom is 0.421 e. The van der Waals surface area contributed by atoms with Crippen molar-refractivity contribution >= 4 is 17.6 Å². The van der Waals surface area contributed by atoms with Gasteiger partial charge in [0.25, 0.3) is 0 Å². The summed E-state index contributed by atoms with van der Waals surface area (Å²) in [6.45, 7) is 7.03. The standard InChI is InChI=1S/C28H31F4N5O4/c1-15(2)36(26(38)18-7-5-16(3)6-8-18)23-13-22(29)24(12-20(23)27(39)40)41-25-21(28(30,31)32)11-19(14-33-25)17(4)37-34-9-10-35-37/h9-18H,5-8H2,1-4H3,(H,39,40)/t16-,17?,18-. The second kappa shape index (κ2) is 11.8. The summed E-state index contributed by atoms with van der Waals surface area (Å²) in [7, 11) is 0. The van der Waals surface area contributed by atoms with Crippen LogP contribution in [0.5, 0.6) is 11.6 Å². The highest BCUT2D eigenvalue weighted by atomic mass is 19.4. The molecular weight excluding hydrogens is 546 g/mol. The number of hydrogen-bond donors (Lipinski definition) is 1. The highest BCUT2D eigenvalue weighted by Crippen LogP contribution is 2.41. The predicted octanol–water partition coefficient (Wildman–Crippen LogP) is 6.50. The van der Waals surface area contributed by atoms with Gasteiger partial charge in [0.1, 0.15) is 5.56 Å². The van der Waals surface area contributed by atoms with Crippen molar-refractivity contribution in [2.24, 2.45) is 11.8 Å². The summed E-state index contributed by atoms with van der Waals surface area (Å²) in [6, 6.07) is 1.18. The minimum absolute atomic E-state index is 0.117. The summed E-state index contributed by atoms with van der Waals surface area (Å²) in [5.41, 5.74) is -1.86. The molecule has 1 aromatic carbocycles. The third kappa shape index (κ3) is 6.49. The number of alkyl halides is 3. The number of ether oxygens (including phenoxy) is 1. The van der Waals surface area contributed by atoms with Crippen molar-refractivity contribution in [2.45, 2.75) is 71.6 Å². The second-order valence-electron chi connectivity index (χ2n) is 10.6. The number of carboxylic acid groups (broad SMARTS) is 1. The molecule has 1 aliphatic carbocycles. The number of halogens is 4. The molecule has 1 N–H and O–H groups in total. The van der Waals surface area contributed by atoms with E-state index in [0.717, 1.165) is 37.2 Å². The van der Waals surface area contributed by atoms with Crippen LogP contribution in [-0.2, 0) is 11.0 Å². The van der Waals surface area contributed by atoms with Crippen molar-refractivity contribution < 1.29 is 37.0 Å². The van der Waals surface area contributed by atoms with Crippen LogP contribution in [0, 0.1) is 17.7 Å². The van der Waals surface area contributed by atoms with Crippen molar-refractivity contribution in [3.05, 3.63) is 59.3 Å². The first kappa shape index (κ1) is 29.9. The van der Waals surface area contributed by atoms with Crippen LogP contribution in [-0.4, -0.2) is 43.0 Å². The number of benzene rings is 1. The quantitative estimate of drug-likeness (QED) is 0.304. The predicted molar refractivity (Wildman–Crippen MR) is 140 cm³/mol. The fourth-order valence-corrected chi connectivity index (χ4v) is 4.99. The number of anilines is 1.